The lowest BCUT2D eigenvalue weighted by Crippen LogP contribution is -2.66. The summed E-state index contributed by atoms with van der Waals surface area (Å²) in [7, 11) is 0. The fourth-order valence-corrected chi connectivity index (χ4v) is 9.58. The van der Waals surface area contributed by atoms with Crippen molar-refractivity contribution in [2.75, 3.05) is 0 Å². The maximum absolute atomic E-state index is 14.1. The van der Waals surface area contributed by atoms with E-state index in [-0.39, 0.29) is 24.0 Å². The molecule has 0 amide bonds. The highest BCUT2D eigenvalue weighted by atomic mass is 16.7. The Morgan fingerprint density at radius 3 is 2.21 bits per heavy atom. The Bertz CT molecular complexity index is 1810. The maximum Gasteiger partial charge on any atom is 0.340 e. The van der Waals surface area contributed by atoms with Gasteiger partial charge in [0.2, 0.25) is 0 Å². The van der Waals surface area contributed by atoms with Crippen LogP contribution in [0.3, 0.4) is 0 Å². The molecule has 4 aliphatic rings. The second kappa shape index (κ2) is 14.2. The van der Waals surface area contributed by atoms with E-state index in [1.54, 1.807) is 76.2 Å². The summed E-state index contributed by atoms with van der Waals surface area (Å²) in [6, 6.07) is 11.3. The number of fused-ring (bicyclic) bond motifs is 1. The second-order valence-corrected chi connectivity index (χ2v) is 14.7. The summed E-state index contributed by atoms with van der Waals surface area (Å²) in [6.07, 6.45) is -1.26. The molecule has 12 unspecified atom stereocenters. The molecular weight excluding hydrogens is 686 g/mol. The van der Waals surface area contributed by atoms with Crippen molar-refractivity contribution in [3.63, 3.8) is 0 Å². The fraction of sp³-hybridized carbons (Fsp3) is 0.500. The molecule has 2 heterocycles. The molecule has 6 rings (SSSR count). The van der Waals surface area contributed by atoms with Gasteiger partial charge >= 0.3 is 29.8 Å². The van der Waals surface area contributed by atoms with E-state index < -0.39 is 101 Å². The Balaban J connectivity index is 1.69. The maximum atomic E-state index is 14.1. The topological polar surface area (TPSA) is 174 Å². The Kier molecular flexibility index (Phi) is 10.1. The lowest BCUT2D eigenvalue weighted by Gasteiger charge is -2.52. The van der Waals surface area contributed by atoms with Gasteiger partial charge in [-0.1, -0.05) is 50.3 Å². The molecule has 0 spiro atoms. The Labute approximate surface area is 307 Å². The van der Waals surface area contributed by atoms with Crippen LogP contribution in [0.4, 0.5) is 0 Å². The van der Waals surface area contributed by atoms with Crippen LogP contribution in [0.25, 0.3) is 0 Å². The van der Waals surface area contributed by atoms with Crippen LogP contribution in [0.2, 0.25) is 0 Å². The molecule has 2 saturated carbocycles. The number of esters is 5. The molecule has 53 heavy (non-hydrogen) atoms. The monoisotopic (exact) mass is 731 g/mol. The number of hydrogen-bond donors (Lipinski definition) is 1. The summed E-state index contributed by atoms with van der Waals surface area (Å²) < 4.78 is 38.2. The quantitative estimate of drug-likeness (QED) is 0.217. The summed E-state index contributed by atoms with van der Waals surface area (Å²) >= 11 is 0. The fourth-order valence-electron chi connectivity index (χ4n) is 9.58. The third-order valence-corrected chi connectivity index (χ3v) is 11.3. The number of aliphatic hydroxyl groups is 1. The van der Waals surface area contributed by atoms with Gasteiger partial charge in [-0.15, -0.1) is 0 Å². The van der Waals surface area contributed by atoms with Gasteiger partial charge in [-0.2, -0.15) is 0 Å². The first-order valence-electron chi connectivity index (χ1n) is 17.7. The first kappa shape index (κ1) is 37.9. The third kappa shape index (κ3) is 6.13. The molecule has 1 aliphatic heterocycles. The predicted molar refractivity (Wildman–Crippen MR) is 185 cm³/mol. The zero-order valence-electron chi connectivity index (χ0n) is 30.6. The van der Waals surface area contributed by atoms with Crippen LogP contribution in [-0.2, 0) is 42.8 Å². The molecule has 2 bridgehead atoms. The van der Waals surface area contributed by atoms with E-state index in [0.29, 0.717) is 5.57 Å². The van der Waals surface area contributed by atoms with Crippen molar-refractivity contribution in [2.45, 2.75) is 96.3 Å². The smallest absolute Gasteiger partial charge is 0.340 e. The van der Waals surface area contributed by atoms with Gasteiger partial charge in [0.15, 0.2) is 18.0 Å². The molecule has 1 N–H and O–H groups in total. The highest BCUT2D eigenvalue weighted by Crippen LogP contribution is 2.70. The molecule has 3 aliphatic carbocycles. The van der Waals surface area contributed by atoms with Crippen molar-refractivity contribution in [1.82, 2.24) is 4.98 Å². The predicted octanol–water partition coefficient (Wildman–Crippen LogP) is 4.53. The number of carbonyl (C=O) groups excluding carboxylic acids is 5. The number of ether oxygens (including phenoxy) is 6. The molecule has 0 radical (unpaired) electrons. The van der Waals surface area contributed by atoms with Gasteiger partial charge in [-0.25, -0.2) is 9.59 Å². The number of rotatable bonds is 9. The minimum atomic E-state index is -1.89. The largest absolute Gasteiger partial charge is 0.461 e. The Hall–Kier alpha value is -4.88. The van der Waals surface area contributed by atoms with Crippen molar-refractivity contribution in [3.05, 3.63) is 90.3 Å². The first-order chi connectivity index (χ1) is 25.1. The van der Waals surface area contributed by atoms with Crippen LogP contribution in [0.1, 0.15) is 75.1 Å². The van der Waals surface area contributed by atoms with E-state index >= 15 is 0 Å². The van der Waals surface area contributed by atoms with Crippen molar-refractivity contribution in [2.24, 2.45) is 29.1 Å². The molecule has 3 fully saturated rings. The zero-order chi connectivity index (χ0) is 38.5. The molecule has 1 aromatic carbocycles. The number of pyridine rings is 1. The first-order valence-corrected chi connectivity index (χ1v) is 17.7. The van der Waals surface area contributed by atoms with Crippen molar-refractivity contribution < 1.29 is 57.5 Å². The van der Waals surface area contributed by atoms with E-state index in [4.69, 9.17) is 28.4 Å². The van der Waals surface area contributed by atoms with Crippen LogP contribution in [0.5, 0.6) is 0 Å². The van der Waals surface area contributed by atoms with E-state index in [0.717, 1.165) is 0 Å². The van der Waals surface area contributed by atoms with Gasteiger partial charge in [-0.3, -0.25) is 19.4 Å². The highest BCUT2D eigenvalue weighted by molar-refractivity contribution is 5.90. The standard InChI is InChI=1S/C40H45NO12/c1-8-29(44)50-31-22(4)19-39(52-24(6)43)30(31)33(48-23(5)42)40-28(49-34(45)25-13-10-9-11-14-25)17-16-27(21(2)3)32(40)38(7,53-37(40)47)36(39)51-35(46)26-15-12-18-41-20-26/h9-18,20,22,27-28,30-33,36-37,47H,2,8,19H2,1,3-7H3. The van der Waals surface area contributed by atoms with Crippen molar-refractivity contribution in [3.8, 4) is 0 Å². The number of allylic oxidation sites excluding steroid dienone is 2. The number of hydrogen-bond acceptors (Lipinski definition) is 13. The van der Waals surface area contributed by atoms with E-state index in [9.17, 15) is 29.1 Å². The van der Waals surface area contributed by atoms with Crippen LogP contribution >= 0.6 is 0 Å². The summed E-state index contributed by atoms with van der Waals surface area (Å²) in [4.78, 5) is 71.9. The van der Waals surface area contributed by atoms with Gasteiger partial charge in [0.1, 0.15) is 29.3 Å². The van der Waals surface area contributed by atoms with Crippen LogP contribution in [0.15, 0.2) is 79.2 Å². The highest BCUT2D eigenvalue weighted by Gasteiger charge is 2.84. The summed E-state index contributed by atoms with van der Waals surface area (Å²) in [6.45, 7) is 13.4. The number of benzene rings is 1. The Morgan fingerprint density at radius 2 is 1.60 bits per heavy atom. The van der Waals surface area contributed by atoms with Gasteiger partial charge < -0.3 is 33.5 Å². The van der Waals surface area contributed by atoms with Crippen LogP contribution in [-0.4, -0.2) is 81.8 Å². The summed E-state index contributed by atoms with van der Waals surface area (Å²) in [5.74, 6) is -7.28. The molecule has 2 aromatic rings. The molecule has 13 nitrogen and oxygen atoms in total. The van der Waals surface area contributed by atoms with Gasteiger partial charge in [0.05, 0.1) is 17.0 Å². The van der Waals surface area contributed by atoms with E-state index in [2.05, 4.69) is 11.6 Å². The average molecular weight is 732 g/mol. The molecule has 13 heteroatoms. The SMILES string of the molecule is C=C(C)C1C=CC(OC(=O)c2ccccc2)C23C(O)OC(C)(C(OC(=O)c4cccnc4)C4(OC(C)=O)CC(C)C(OC(=O)CC)C4C2OC(C)=O)C13. The van der Waals surface area contributed by atoms with Crippen LogP contribution in [0, 0.1) is 29.1 Å². The number of aromatic nitrogens is 1. The second-order valence-electron chi connectivity index (χ2n) is 14.7. The van der Waals surface area contributed by atoms with E-state index in [1.165, 1.54) is 32.3 Å². The van der Waals surface area contributed by atoms with Gasteiger partial charge in [0, 0.05) is 44.5 Å². The number of aliphatic hydroxyl groups excluding tert-OH is 1. The zero-order valence-corrected chi connectivity index (χ0v) is 30.6. The van der Waals surface area contributed by atoms with Crippen molar-refractivity contribution in [1.29, 1.82) is 0 Å². The molecule has 1 aromatic heterocycles. The van der Waals surface area contributed by atoms with Crippen LogP contribution < -0.4 is 0 Å². The number of carbonyl (C=O) groups is 5. The van der Waals surface area contributed by atoms with Gasteiger partial charge in [-0.05, 0) is 56.5 Å². The van der Waals surface area contributed by atoms with Crippen molar-refractivity contribution >= 4 is 29.8 Å². The average Bonchev–Trinajstić information content (AvgIpc) is 3.50. The van der Waals surface area contributed by atoms with E-state index in [1.807, 2.05) is 0 Å². The summed E-state index contributed by atoms with van der Waals surface area (Å²) in [5, 5.41) is 12.5. The lowest BCUT2D eigenvalue weighted by atomic mass is 9.54. The Morgan fingerprint density at radius 1 is 0.925 bits per heavy atom. The molecular formula is C40H45NO12. The molecule has 1 saturated heterocycles. The molecule has 282 valence electrons. The number of nitrogens with zero attached hydrogens (tertiary/aromatic N) is 1. The van der Waals surface area contributed by atoms with Gasteiger partial charge in [0.25, 0.3) is 0 Å². The molecule has 12 atom stereocenters. The summed E-state index contributed by atoms with van der Waals surface area (Å²) in [5.41, 5.74) is -4.65. The lowest BCUT2D eigenvalue weighted by molar-refractivity contribution is -0.282. The third-order valence-electron chi connectivity index (χ3n) is 11.3. The minimum Gasteiger partial charge on any atom is -0.461 e. The minimum absolute atomic E-state index is 0.0108. The normalized spacial score (nSPS) is 36.5.